The first-order valence-electron chi connectivity index (χ1n) is 5.60. The van der Waals surface area contributed by atoms with Crippen LogP contribution in [0.4, 0.5) is 0 Å². The van der Waals surface area contributed by atoms with Crippen LogP contribution in [0.15, 0.2) is 24.3 Å². The Kier molecular flexibility index (Phi) is 4.62. The zero-order valence-electron chi connectivity index (χ0n) is 9.59. The fraction of sp³-hybridized carbons (Fsp3) is 0.538. The van der Waals surface area contributed by atoms with Crippen molar-refractivity contribution < 1.29 is 0 Å². The highest BCUT2D eigenvalue weighted by Crippen LogP contribution is 2.30. The lowest BCUT2D eigenvalue weighted by Crippen LogP contribution is -2.31. The number of hydrogen-bond acceptors (Lipinski definition) is 1. The third-order valence-corrected chi connectivity index (χ3v) is 3.64. The minimum Gasteiger partial charge on any atom is -0.330 e. The van der Waals surface area contributed by atoms with Crippen LogP contribution in [-0.4, -0.2) is 6.54 Å². The first kappa shape index (κ1) is 12.5. The number of halogens is 1. The molecule has 0 amide bonds. The molecule has 0 aromatic heterocycles. The Bertz CT molecular complexity index is 297. The first-order chi connectivity index (χ1) is 7.15. The van der Waals surface area contributed by atoms with Gasteiger partial charge in [-0.05, 0) is 48.9 Å². The summed E-state index contributed by atoms with van der Waals surface area (Å²) in [6, 6.07) is 8.08. The maximum absolute atomic E-state index is 5.97. The van der Waals surface area contributed by atoms with Gasteiger partial charge in [0.05, 0.1) is 0 Å². The predicted molar refractivity (Wildman–Crippen MR) is 67.2 cm³/mol. The molecule has 0 aliphatic heterocycles. The van der Waals surface area contributed by atoms with Gasteiger partial charge in [-0.15, -0.1) is 0 Å². The SMILES string of the molecule is CCC(CC)(CN)Cc1cccc(Cl)c1. The lowest BCUT2D eigenvalue weighted by molar-refractivity contribution is 0.271. The average Bonchev–Trinajstić information content (AvgIpc) is 2.26. The number of nitrogens with two attached hydrogens (primary N) is 1. The van der Waals surface area contributed by atoms with Gasteiger partial charge in [-0.1, -0.05) is 37.6 Å². The standard InChI is InChI=1S/C13H20ClN/c1-3-13(4-2,10-15)9-11-6-5-7-12(14)8-11/h5-8H,3-4,9-10,15H2,1-2H3. The summed E-state index contributed by atoms with van der Waals surface area (Å²) in [5.74, 6) is 0. The maximum Gasteiger partial charge on any atom is 0.0408 e. The van der Waals surface area contributed by atoms with Crippen molar-refractivity contribution in [1.29, 1.82) is 0 Å². The van der Waals surface area contributed by atoms with Crippen LogP contribution in [-0.2, 0) is 6.42 Å². The van der Waals surface area contributed by atoms with Gasteiger partial charge >= 0.3 is 0 Å². The molecule has 0 saturated carbocycles. The summed E-state index contributed by atoms with van der Waals surface area (Å²) in [7, 11) is 0. The molecule has 1 rings (SSSR count). The molecule has 0 fully saturated rings. The second-order valence-corrected chi connectivity index (χ2v) is 4.65. The highest BCUT2D eigenvalue weighted by atomic mass is 35.5. The van der Waals surface area contributed by atoms with Crippen LogP contribution in [0.1, 0.15) is 32.3 Å². The molecule has 1 aromatic carbocycles. The molecule has 0 radical (unpaired) electrons. The lowest BCUT2D eigenvalue weighted by atomic mass is 9.77. The Labute approximate surface area is 97.6 Å². The van der Waals surface area contributed by atoms with Crippen LogP contribution in [0.2, 0.25) is 5.02 Å². The van der Waals surface area contributed by atoms with Gasteiger partial charge in [0.2, 0.25) is 0 Å². The molecule has 0 heterocycles. The van der Waals surface area contributed by atoms with Crippen molar-refractivity contribution in [3.63, 3.8) is 0 Å². The molecule has 15 heavy (non-hydrogen) atoms. The lowest BCUT2D eigenvalue weighted by Gasteiger charge is -2.30. The topological polar surface area (TPSA) is 26.0 Å². The van der Waals surface area contributed by atoms with Crippen molar-refractivity contribution in [3.05, 3.63) is 34.9 Å². The van der Waals surface area contributed by atoms with Gasteiger partial charge in [0.1, 0.15) is 0 Å². The third-order valence-electron chi connectivity index (χ3n) is 3.40. The number of hydrogen-bond donors (Lipinski definition) is 1. The molecule has 0 unspecified atom stereocenters. The van der Waals surface area contributed by atoms with Gasteiger partial charge in [0.25, 0.3) is 0 Å². The van der Waals surface area contributed by atoms with E-state index in [2.05, 4.69) is 19.9 Å². The Balaban J connectivity index is 2.82. The van der Waals surface area contributed by atoms with Crippen molar-refractivity contribution >= 4 is 11.6 Å². The van der Waals surface area contributed by atoms with E-state index in [9.17, 15) is 0 Å². The van der Waals surface area contributed by atoms with Crippen LogP contribution < -0.4 is 5.73 Å². The van der Waals surface area contributed by atoms with E-state index in [0.29, 0.717) is 0 Å². The summed E-state index contributed by atoms with van der Waals surface area (Å²) in [5.41, 5.74) is 7.41. The Morgan fingerprint density at radius 1 is 1.27 bits per heavy atom. The van der Waals surface area contributed by atoms with Gasteiger partial charge in [-0.3, -0.25) is 0 Å². The Morgan fingerprint density at radius 3 is 2.40 bits per heavy atom. The number of benzene rings is 1. The predicted octanol–water partition coefficient (Wildman–Crippen LogP) is 3.65. The fourth-order valence-corrected chi connectivity index (χ4v) is 2.15. The van der Waals surface area contributed by atoms with Gasteiger partial charge in [-0.2, -0.15) is 0 Å². The quantitative estimate of drug-likeness (QED) is 0.814. The van der Waals surface area contributed by atoms with E-state index >= 15 is 0 Å². The van der Waals surface area contributed by atoms with Gasteiger partial charge < -0.3 is 5.73 Å². The van der Waals surface area contributed by atoms with E-state index in [-0.39, 0.29) is 5.41 Å². The largest absolute Gasteiger partial charge is 0.330 e. The Morgan fingerprint density at radius 2 is 1.93 bits per heavy atom. The summed E-state index contributed by atoms with van der Waals surface area (Å²) in [6.07, 6.45) is 3.26. The van der Waals surface area contributed by atoms with E-state index in [4.69, 9.17) is 17.3 Å². The molecular weight excluding hydrogens is 206 g/mol. The molecule has 2 heteroatoms. The maximum atomic E-state index is 5.97. The highest BCUT2D eigenvalue weighted by molar-refractivity contribution is 6.30. The molecular formula is C13H20ClN. The fourth-order valence-electron chi connectivity index (χ4n) is 1.94. The second kappa shape index (κ2) is 5.53. The minimum atomic E-state index is 0.241. The molecule has 2 N–H and O–H groups in total. The first-order valence-corrected chi connectivity index (χ1v) is 5.98. The monoisotopic (exact) mass is 225 g/mol. The van der Waals surface area contributed by atoms with Crippen molar-refractivity contribution in [2.24, 2.45) is 11.1 Å². The van der Waals surface area contributed by atoms with Crippen LogP contribution in [0.5, 0.6) is 0 Å². The molecule has 1 aromatic rings. The molecule has 0 spiro atoms. The molecule has 0 bridgehead atoms. The van der Waals surface area contributed by atoms with Gasteiger partial charge in [-0.25, -0.2) is 0 Å². The zero-order valence-corrected chi connectivity index (χ0v) is 10.3. The zero-order chi connectivity index (χ0) is 11.3. The highest BCUT2D eigenvalue weighted by Gasteiger charge is 2.24. The minimum absolute atomic E-state index is 0.241. The summed E-state index contributed by atoms with van der Waals surface area (Å²) < 4.78 is 0. The van der Waals surface area contributed by atoms with E-state index in [1.165, 1.54) is 5.56 Å². The van der Waals surface area contributed by atoms with Crippen LogP contribution in [0.3, 0.4) is 0 Å². The summed E-state index contributed by atoms with van der Waals surface area (Å²) in [5, 5.41) is 0.811. The van der Waals surface area contributed by atoms with Gasteiger partial charge in [0.15, 0.2) is 0 Å². The molecule has 1 nitrogen and oxygen atoms in total. The van der Waals surface area contributed by atoms with Crippen LogP contribution >= 0.6 is 11.6 Å². The molecule has 0 atom stereocenters. The van der Waals surface area contributed by atoms with E-state index in [1.54, 1.807) is 0 Å². The summed E-state index contributed by atoms with van der Waals surface area (Å²) in [4.78, 5) is 0. The normalized spacial score (nSPS) is 11.7. The third kappa shape index (κ3) is 3.22. The summed E-state index contributed by atoms with van der Waals surface area (Å²) in [6.45, 7) is 5.16. The second-order valence-electron chi connectivity index (χ2n) is 4.22. The van der Waals surface area contributed by atoms with E-state index in [0.717, 1.165) is 30.8 Å². The average molecular weight is 226 g/mol. The van der Waals surface area contributed by atoms with Crippen LogP contribution in [0, 0.1) is 5.41 Å². The van der Waals surface area contributed by atoms with Gasteiger partial charge in [0, 0.05) is 5.02 Å². The van der Waals surface area contributed by atoms with E-state index < -0.39 is 0 Å². The van der Waals surface area contributed by atoms with Crippen LogP contribution in [0.25, 0.3) is 0 Å². The molecule has 0 saturated heterocycles. The van der Waals surface area contributed by atoms with Crippen molar-refractivity contribution in [3.8, 4) is 0 Å². The van der Waals surface area contributed by atoms with Crippen molar-refractivity contribution in [2.75, 3.05) is 6.54 Å². The molecule has 84 valence electrons. The van der Waals surface area contributed by atoms with Crippen molar-refractivity contribution in [1.82, 2.24) is 0 Å². The molecule has 0 aliphatic carbocycles. The molecule has 0 aliphatic rings. The Hall–Kier alpha value is -0.530. The number of rotatable bonds is 5. The summed E-state index contributed by atoms with van der Waals surface area (Å²) >= 11 is 5.97. The smallest absolute Gasteiger partial charge is 0.0408 e. The van der Waals surface area contributed by atoms with Crippen molar-refractivity contribution in [2.45, 2.75) is 33.1 Å². The van der Waals surface area contributed by atoms with E-state index in [1.807, 2.05) is 18.2 Å².